The predicted octanol–water partition coefficient (Wildman–Crippen LogP) is 3.68. The molecule has 0 saturated carbocycles. The van der Waals surface area contributed by atoms with Gasteiger partial charge >= 0.3 is 0 Å². The quantitative estimate of drug-likeness (QED) is 0.831. The average Bonchev–Trinajstić information content (AvgIpc) is 3.30. The summed E-state index contributed by atoms with van der Waals surface area (Å²) in [5, 5.41) is 7.48. The molecular formula is C19H28N2O2S2. The molecule has 3 N–H and O–H groups in total. The standard InChI is InChI=1S/C10H15NOS.C9H13NOS/c1-11-5-2-9-10-8(3-6-12-9)4-7-13-10;10-4-1-8-9-7(2-5-11-8)3-6-12-9/h4,7,9,11H,2-3,5-6H2,1H3;3,6,8H,1-2,4-5,10H2. The molecule has 2 aromatic rings. The van der Waals surface area contributed by atoms with Gasteiger partial charge in [0.15, 0.2) is 0 Å². The Labute approximate surface area is 158 Å². The summed E-state index contributed by atoms with van der Waals surface area (Å²) >= 11 is 3.62. The van der Waals surface area contributed by atoms with E-state index in [-0.39, 0.29) is 6.10 Å². The van der Waals surface area contributed by atoms with Crippen LogP contribution in [0.1, 0.15) is 45.9 Å². The fourth-order valence-corrected chi connectivity index (χ4v) is 5.38. The maximum Gasteiger partial charge on any atom is 0.0931 e. The fourth-order valence-electron chi connectivity index (χ4n) is 3.30. The molecule has 4 nitrogen and oxygen atoms in total. The summed E-state index contributed by atoms with van der Waals surface area (Å²) in [5.74, 6) is 0. The molecule has 0 radical (unpaired) electrons. The first-order chi connectivity index (χ1) is 12.3. The van der Waals surface area contributed by atoms with Crippen LogP contribution < -0.4 is 11.1 Å². The second-order valence-electron chi connectivity index (χ2n) is 6.31. The summed E-state index contributed by atoms with van der Waals surface area (Å²) in [5.41, 5.74) is 8.47. The van der Waals surface area contributed by atoms with Crippen LogP contribution in [0.3, 0.4) is 0 Å². The third kappa shape index (κ3) is 4.90. The van der Waals surface area contributed by atoms with Gasteiger partial charge in [-0.1, -0.05) is 0 Å². The van der Waals surface area contributed by atoms with Crippen LogP contribution in [-0.2, 0) is 22.3 Å². The van der Waals surface area contributed by atoms with Crippen molar-refractivity contribution in [2.75, 3.05) is 33.4 Å². The van der Waals surface area contributed by atoms with Gasteiger partial charge in [-0.25, -0.2) is 0 Å². The average molecular weight is 381 g/mol. The van der Waals surface area contributed by atoms with Crippen LogP contribution in [0.15, 0.2) is 22.9 Å². The molecule has 25 heavy (non-hydrogen) atoms. The molecule has 2 atom stereocenters. The molecule has 2 aliphatic rings. The van der Waals surface area contributed by atoms with Gasteiger partial charge in [-0.3, -0.25) is 0 Å². The van der Waals surface area contributed by atoms with E-state index in [9.17, 15) is 0 Å². The van der Waals surface area contributed by atoms with Crippen LogP contribution in [0.25, 0.3) is 0 Å². The number of fused-ring (bicyclic) bond motifs is 2. The first-order valence-corrected chi connectivity index (χ1v) is 10.8. The highest BCUT2D eigenvalue weighted by Gasteiger charge is 2.21. The highest BCUT2D eigenvalue weighted by molar-refractivity contribution is 7.10. The number of hydrogen-bond donors (Lipinski definition) is 2. The van der Waals surface area contributed by atoms with E-state index in [1.54, 1.807) is 11.3 Å². The van der Waals surface area contributed by atoms with Gasteiger partial charge in [0.05, 0.1) is 25.4 Å². The highest BCUT2D eigenvalue weighted by Crippen LogP contribution is 2.34. The van der Waals surface area contributed by atoms with E-state index in [0.717, 1.165) is 45.4 Å². The summed E-state index contributed by atoms with van der Waals surface area (Å²) in [4.78, 5) is 2.84. The third-order valence-corrected chi connectivity index (χ3v) is 6.71. The van der Waals surface area contributed by atoms with Gasteiger partial charge in [0, 0.05) is 9.75 Å². The molecule has 0 aliphatic carbocycles. The van der Waals surface area contributed by atoms with Gasteiger partial charge in [0.2, 0.25) is 0 Å². The smallest absolute Gasteiger partial charge is 0.0931 e. The molecule has 4 rings (SSSR count). The predicted molar refractivity (Wildman–Crippen MR) is 106 cm³/mol. The van der Waals surface area contributed by atoms with Crippen molar-refractivity contribution < 1.29 is 9.47 Å². The fraction of sp³-hybridized carbons (Fsp3) is 0.579. The second-order valence-corrected chi connectivity index (χ2v) is 8.20. The van der Waals surface area contributed by atoms with Crippen molar-refractivity contribution in [3.05, 3.63) is 43.8 Å². The minimum atomic E-state index is 0.277. The number of nitrogens with two attached hydrogens (primary N) is 1. The van der Waals surface area contributed by atoms with Gasteiger partial charge < -0.3 is 20.5 Å². The van der Waals surface area contributed by atoms with E-state index in [2.05, 4.69) is 28.2 Å². The van der Waals surface area contributed by atoms with E-state index in [1.807, 2.05) is 18.4 Å². The van der Waals surface area contributed by atoms with Crippen molar-refractivity contribution in [2.45, 2.75) is 37.9 Å². The Morgan fingerprint density at radius 2 is 1.56 bits per heavy atom. The Kier molecular flexibility index (Phi) is 7.46. The van der Waals surface area contributed by atoms with Crippen LogP contribution in [-0.4, -0.2) is 33.4 Å². The van der Waals surface area contributed by atoms with Crippen molar-refractivity contribution in [1.82, 2.24) is 5.32 Å². The Hall–Kier alpha value is -0.760. The molecule has 0 fully saturated rings. The molecule has 0 amide bonds. The number of ether oxygens (including phenoxy) is 2. The number of thiophene rings is 2. The van der Waals surface area contributed by atoms with Crippen molar-refractivity contribution in [1.29, 1.82) is 0 Å². The topological polar surface area (TPSA) is 56.5 Å². The molecule has 6 heteroatoms. The van der Waals surface area contributed by atoms with Crippen LogP contribution in [0.5, 0.6) is 0 Å². The molecule has 2 unspecified atom stereocenters. The normalized spacial score (nSPS) is 21.8. The lowest BCUT2D eigenvalue weighted by atomic mass is 10.1. The Balaban J connectivity index is 0.000000146. The van der Waals surface area contributed by atoms with E-state index >= 15 is 0 Å². The second kappa shape index (κ2) is 9.80. The van der Waals surface area contributed by atoms with Crippen molar-refractivity contribution >= 4 is 22.7 Å². The largest absolute Gasteiger partial charge is 0.372 e. The molecular weight excluding hydrogens is 352 g/mol. The number of rotatable bonds is 5. The zero-order valence-corrected chi connectivity index (χ0v) is 16.5. The highest BCUT2D eigenvalue weighted by atomic mass is 32.1. The van der Waals surface area contributed by atoms with Gasteiger partial charge in [-0.2, -0.15) is 0 Å². The van der Waals surface area contributed by atoms with Gasteiger partial charge in [-0.05, 0) is 79.8 Å². The lowest BCUT2D eigenvalue weighted by Crippen LogP contribution is -2.18. The molecule has 0 bridgehead atoms. The maximum atomic E-state index is 5.74. The maximum absolute atomic E-state index is 5.74. The summed E-state index contributed by atoms with van der Waals surface area (Å²) in [6, 6.07) is 4.43. The van der Waals surface area contributed by atoms with Crippen LogP contribution in [0.4, 0.5) is 0 Å². The van der Waals surface area contributed by atoms with Crippen LogP contribution in [0.2, 0.25) is 0 Å². The first kappa shape index (κ1) is 19.0. The third-order valence-electron chi connectivity index (χ3n) is 4.61. The first-order valence-electron chi connectivity index (χ1n) is 9.04. The molecule has 138 valence electrons. The number of nitrogens with one attached hydrogen (secondary N) is 1. The molecule has 0 saturated heterocycles. The van der Waals surface area contributed by atoms with E-state index < -0.39 is 0 Å². The van der Waals surface area contributed by atoms with Gasteiger partial charge in [0.25, 0.3) is 0 Å². The lowest BCUT2D eigenvalue weighted by molar-refractivity contribution is 0.0401. The molecule has 2 aliphatic heterocycles. The van der Waals surface area contributed by atoms with E-state index in [4.69, 9.17) is 15.2 Å². The van der Waals surface area contributed by atoms with Crippen molar-refractivity contribution in [3.8, 4) is 0 Å². The minimum Gasteiger partial charge on any atom is -0.372 e. The van der Waals surface area contributed by atoms with Crippen LogP contribution in [0, 0.1) is 0 Å². The van der Waals surface area contributed by atoms with Gasteiger partial charge in [0.1, 0.15) is 0 Å². The van der Waals surface area contributed by atoms with E-state index in [0.29, 0.717) is 12.6 Å². The summed E-state index contributed by atoms with van der Waals surface area (Å²) in [7, 11) is 1.98. The Morgan fingerprint density at radius 1 is 1.00 bits per heavy atom. The SMILES string of the molecule is CNCCC1OCCc2ccsc21.NCCC1OCCc2ccsc21. The zero-order chi connectivity index (χ0) is 17.5. The van der Waals surface area contributed by atoms with Gasteiger partial charge in [-0.15, -0.1) is 22.7 Å². The summed E-state index contributed by atoms with van der Waals surface area (Å²) < 4.78 is 11.4. The minimum absolute atomic E-state index is 0.277. The molecule has 0 spiro atoms. The summed E-state index contributed by atoms with van der Waals surface area (Å²) in [6.07, 6.45) is 4.82. The van der Waals surface area contributed by atoms with Crippen molar-refractivity contribution in [3.63, 3.8) is 0 Å². The Morgan fingerprint density at radius 3 is 2.08 bits per heavy atom. The van der Waals surface area contributed by atoms with E-state index in [1.165, 1.54) is 20.9 Å². The Bertz CT molecular complexity index is 641. The molecule has 0 aromatic carbocycles. The lowest BCUT2D eigenvalue weighted by Gasteiger charge is -2.22. The van der Waals surface area contributed by atoms with Crippen LogP contribution >= 0.6 is 22.7 Å². The monoisotopic (exact) mass is 380 g/mol. The molecule has 2 aromatic heterocycles. The zero-order valence-electron chi connectivity index (χ0n) is 14.8. The number of hydrogen-bond acceptors (Lipinski definition) is 6. The molecule has 4 heterocycles. The summed E-state index contributed by atoms with van der Waals surface area (Å²) in [6.45, 7) is 3.48. The van der Waals surface area contributed by atoms with Crippen molar-refractivity contribution in [2.24, 2.45) is 5.73 Å².